The predicted molar refractivity (Wildman–Crippen MR) is 189 cm³/mol. The van der Waals surface area contributed by atoms with E-state index in [0.29, 0.717) is 12.1 Å². The first-order valence-electron chi connectivity index (χ1n) is 16.9. The van der Waals surface area contributed by atoms with Crippen LogP contribution in [0.1, 0.15) is 69.2 Å². The molecule has 3 aliphatic heterocycles. The predicted octanol–water partition coefficient (Wildman–Crippen LogP) is 5.19. The Bertz CT molecular complexity index is 2000. The van der Waals surface area contributed by atoms with Crippen molar-refractivity contribution in [2.45, 2.75) is 38.8 Å². The van der Waals surface area contributed by atoms with Crippen molar-refractivity contribution in [2.24, 2.45) is 0 Å². The molecule has 0 spiro atoms. The molecule has 0 aromatic heterocycles. The maximum absolute atomic E-state index is 13.3. The SMILES string of the molecule is CCC(=C(c1ccc(O)cc1)c1ccc(N2CCN(Cc3ccc4c(c3)C(=O)N(C3CCC(=O)NC3=O)C4=O)CC2)cc1)c1ccc(O)cc1. The van der Waals surface area contributed by atoms with Crippen LogP contribution in [0.2, 0.25) is 0 Å². The summed E-state index contributed by atoms with van der Waals surface area (Å²) >= 11 is 0. The molecule has 254 valence electrons. The highest BCUT2D eigenvalue weighted by Gasteiger charge is 2.44. The van der Waals surface area contributed by atoms with E-state index in [4.69, 9.17) is 0 Å². The Morgan fingerprint density at radius 1 is 0.720 bits per heavy atom. The van der Waals surface area contributed by atoms with Gasteiger partial charge in [-0.15, -0.1) is 0 Å². The molecule has 1 unspecified atom stereocenters. The smallest absolute Gasteiger partial charge is 0.262 e. The summed E-state index contributed by atoms with van der Waals surface area (Å²) in [6.07, 6.45) is 0.993. The number of amides is 4. The number of benzene rings is 4. The first-order valence-corrected chi connectivity index (χ1v) is 16.9. The summed E-state index contributed by atoms with van der Waals surface area (Å²) in [7, 11) is 0. The second kappa shape index (κ2) is 13.6. The zero-order valence-electron chi connectivity index (χ0n) is 27.8. The Morgan fingerprint density at radius 3 is 1.90 bits per heavy atom. The molecule has 10 nitrogen and oxygen atoms in total. The van der Waals surface area contributed by atoms with E-state index < -0.39 is 29.7 Å². The number of nitrogens with zero attached hydrogens (tertiary/aromatic N) is 3. The van der Waals surface area contributed by atoms with Gasteiger partial charge in [0, 0.05) is 44.8 Å². The van der Waals surface area contributed by atoms with Crippen molar-refractivity contribution in [3.63, 3.8) is 0 Å². The van der Waals surface area contributed by atoms with Crippen LogP contribution in [-0.2, 0) is 16.1 Å². The number of imide groups is 2. The normalized spacial score (nSPS) is 18.6. The number of phenolic OH excluding ortho intramolecular Hbond substituents is 2. The molecule has 0 radical (unpaired) electrons. The van der Waals surface area contributed by atoms with Crippen molar-refractivity contribution >= 4 is 40.5 Å². The first-order chi connectivity index (χ1) is 24.2. The van der Waals surface area contributed by atoms with Crippen LogP contribution in [0.25, 0.3) is 11.1 Å². The Labute approximate surface area is 290 Å². The van der Waals surface area contributed by atoms with Gasteiger partial charge >= 0.3 is 0 Å². The third-order valence-corrected chi connectivity index (χ3v) is 9.83. The van der Waals surface area contributed by atoms with Crippen molar-refractivity contribution in [3.8, 4) is 11.5 Å². The largest absolute Gasteiger partial charge is 0.508 e. The third-order valence-electron chi connectivity index (χ3n) is 9.83. The van der Waals surface area contributed by atoms with Gasteiger partial charge in [-0.3, -0.25) is 34.3 Å². The molecule has 50 heavy (non-hydrogen) atoms. The Kier molecular flexibility index (Phi) is 8.95. The molecule has 0 aliphatic carbocycles. The summed E-state index contributed by atoms with van der Waals surface area (Å²) in [6, 6.07) is 27.4. The fraction of sp³-hybridized carbons (Fsp3) is 0.250. The molecule has 0 saturated carbocycles. The Hall–Kier alpha value is -5.74. The molecular weight excluding hydrogens is 632 g/mol. The average Bonchev–Trinajstić information content (AvgIpc) is 3.37. The van der Waals surface area contributed by atoms with Gasteiger partial charge in [0.05, 0.1) is 11.1 Å². The monoisotopic (exact) mass is 670 g/mol. The summed E-state index contributed by atoms with van der Waals surface area (Å²) in [5.41, 5.74) is 7.92. The topological polar surface area (TPSA) is 130 Å². The van der Waals surface area contributed by atoms with Gasteiger partial charge < -0.3 is 15.1 Å². The molecule has 7 rings (SSSR count). The number of piperazine rings is 1. The van der Waals surface area contributed by atoms with E-state index >= 15 is 0 Å². The van der Waals surface area contributed by atoms with Gasteiger partial charge in [0.1, 0.15) is 17.5 Å². The number of carbonyl (C=O) groups excluding carboxylic acids is 4. The van der Waals surface area contributed by atoms with E-state index in [0.717, 1.165) is 76.6 Å². The highest BCUT2D eigenvalue weighted by atomic mass is 16.3. The van der Waals surface area contributed by atoms with Crippen molar-refractivity contribution in [2.75, 3.05) is 31.1 Å². The molecule has 4 aromatic carbocycles. The van der Waals surface area contributed by atoms with E-state index in [2.05, 4.69) is 46.3 Å². The van der Waals surface area contributed by atoms with E-state index in [-0.39, 0.29) is 29.9 Å². The van der Waals surface area contributed by atoms with E-state index in [1.807, 2.05) is 30.3 Å². The zero-order chi connectivity index (χ0) is 34.9. The van der Waals surface area contributed by atoms with Crippen LogP contribution in [0.3, 0.4) is 0 Å². The molecule has 10 heteroatoms. The van der Waals surface area contributed by atoms with Gasteiger partial charge in [-0.05, 0) is 94.8 Å². The molecule has 4 aromatic rings. The number of hydrogen-bond acceptors (Lipinski definition) is 8. The summed E-state index contributed by atoms with van der Waals surface area (Å²) < 4.78 is 0. The van der Waals surface area contributed by atoms with Crippen molar-refractivity contribution in [3.05, 3.63) is 124 Å². The number of fused-ring (bicyclic) bond motifs is 1. The molecule has 1 atom stereocenters. The van der Waals surface area contributed by atoms with Gasteiger partial charge in [-0.2, -0.15) is 0 Å². The van der Waals surface area contributed by atoms with Gasteiger partial charge in [0.2, 0.25) is 11.8 Å². The van der Waals surface area contributed by atoms with Gasteiger partial charge in [0.15, 0.2) is 0 Å². The number of rotatable bonds is 8. The minimum absolute atomic E-state index is 0.0872. The maximum atomic E-state index is 13.3. The van der Waals surface area contributed by atoms with Crippen LogP contribution in [0, 0.1) is 0 Å². The minimum Gasteiger partial charge on any atom is -0.508 e. The fourth-order valence-electron chi connectivity index (χ4n) is 7.21. The number of phenols is 2. The molecule has 0 bridgehead atoms. The minimum atomic E-state index is -0.978. The lowest BCUT2D eigenvalue weighted by molar-refractivity contribution is -0.136. The highest BCUT2D eigenvalue weighted by Crippen LogP contribution is 2.36. The van der Waals surface area contributed by atoms with Gasteiger partial charge in [-0.1, -0.05) is 49.4 Å². The number of anilines is 1. The van der Waals surface area contributed by atoms with Crippen LogP contribution in [0.5, 0.6) is 11.5 Å². The first kappa shape index (κ1) is 32.8. The number of allylic oxidation sites excluding steroid dienone is 1. The van der Waals surface area contributed by atoms with Crippen molar-refractivity contribution < 1.29 is 29.4 Å². The lowest BCUT2D eigenvalue weighted by Crippen LogP contribution is -2.54. The van der Waals surface area contributed by atoms with Gasteiger partial charge in [-0.25, -0.2) is 0 Å². The second-order valence-electron chi connectivity index (χ2n) is 12.9. The molecule has 2 saturated heterocycles. The number of piperidine rings is 1. The summed E-state index contributed by atoms with van der Waals surface area (Å²) in [5.74, 6) is -1.57. The van der Waals surface area contributed by atoms with E-state index in [9.17, 15) is 29.4 Å². The molecule has 3 heterocycles. The Morgan fingerprint density at radius 2 is 1.30 bits per heavy atom. The van der Waals surface area contributed by atoms with Crippen LogP contribution in [0.4, 0.5) is 5.69 Å². The maximum Gasteiger partial charge on any atom is 0.262 e. The summed E-state index contributed by atoms with van der Waals surface area (Å²) in [5, 5.41) is 22.1. The van der Waals surface area contributed by atoms with Crippen LogP contribution < -0.4 is 10.2 Å². The van der Waals surface area contributed by atoms with Crippen LogP contribution >= 0.6 is 0 Å². The quantitative estimate of drug-likeness (QED) is 0.173. The lowest BCUT2D eigenvalue weighted by atomic mass is 9.88. The summed E-state index contributed by atoms with van der Waals surface area (Å²) in [4.78, 5) is 56.0. The molecule has 2 fully saturated rings. The van der Waals surface area contributed by atoms with Gasteiger partial charge in [0.25, 0.3) is 11.8 Å². The fourth-order valence-corrected chi connectivity index (χ4v) is 7.21. The zero-order valence-corrected chi connectivity index (χ0v) is 27.8. The van der Waals surface area contributed by atoms with E-state index in [1.165, 1.54) is 0 Å². The lowest BCUT2D eigenvalue weighted by Gasteiger charge is -2.36. The Balaban J connectivity index is 1.03. The summed E-state index contributed by atoms with van der Waals surface area (Å²) in [6.45, 7) is 6.00. The van der Waals surface area contributed by atoms with Crippen molar-refractivity contribution in [1.29, 1.82) is 0 Å². The number of hydrogen-bond donors (Lipinski definition) is 3. The highest BCUT2D eigenvalue weighted by molar-refractivity contribution is 6.23. The van der Waals surface area contributed by atoms with Crippen molar-refractivity contribution in [1.82, 2.24) is 15.1 Å². The van der Waals surface area contributed by atoms with Crippen LogP contribution in [-0.4, -0.2) is 75.9 Å². The number of carbonyl (C=O) groups is 4. The van der Waals surface area contributed by atoms with E-state index in [1.54, 1.807) is 36.4 Å². The third kappa shape index (κ3) is 6.37. The number of nitrogens with one attached hydrogen (secondary N) is 1. The molecule has 3 N–H and O–H groups in total. The molecule has 3 aliphatic rings. The molecule has 4 amide bonds. The van der Waals surface area contributed by atoms with Crippen LogP contribution in [0.15, 0.2) is 91.0 Å². The average molecular weight is 671 g/mol. The molecular formula is C40H38N4O6. The standard InChI is InChI=1S/C40H38N4O6/c1-2-32(26-6-12-30(45)13-7-26)37(28-8-14-31(46)15-9-28)27-4-10-29(11-5-27)43-21-19-42(20-22-43)24-25-3-16-33-34(23-25)40(50)44(39(33)49)35-17-18-36(47)41-38(35)48/h3-16,23,35,45-46H,2,17-22,24H2,1H3,(H,41,47,48). The second-order valence-corrected chi connectivity index (χ2v) is 12.9. The number of aromatic hydroxyl groups is 2.